The predicted molar refractivity (Wildman–Crippen MR) is 69.6 cm³/mol. The summed E-state index contributed by atoms with van der Waals surface area (Å²) >= 11 is 1.43. The van der Waals surface area contributed by atoms with Crippen molar-refractivity contribution in [3.05, 3.63) is 29.3 Å². The highest BCUT2D eigenvalue weighted by molar-refractivity contribution is 7.13. The van der Waals surface area contributed by atoms with Crippen LogP contribution in [-0.4, -0.2) is 28.3 Å². The van der Waals surface area contributed by atoms with Crippen LogP contribution in [0.15, 0.2) is 17.9 Å². The lowest BCUT2D eigenvalue weighted by molar-refractivity contribution is 0.187. The summed E-state index contributed by atoms with van der Waals surface area (Å²) in [6.45, 7) is 1.49. The average molecular weight is 250 g/mol. The van der Waals surface area contributed by atoms with E-state index >= 15 is 0 Å². The zero-order valence-corrected chi connectivity index (χ0v) is 10.4. The quantitative estimate of drug-likeness (QED) is 0.877. The van der Waals surface area contributed by atoms with Crippen LogP contribution >= 0.6 is 11.3 Å². The van der Waals surface area contributed by atoms with Gasteiger partial charge in [0.25, 0.3) is 0 Å². The lowest BCUT2D eigenvalue weighted by Crippen LogP contribution is -2.00. The number of thiazole rings is 1. The van der Waals surface area contributed by atoms with Crippen LogP contribution in [0.1, 0.15) is 11.4 Å². The highest BCUT2D eigenvalue weighted by atomic mass is 32.1. The van der Waals surface area contributed by atoms with E-state index < -0.39 is 0 Å². The molecule has 0 aliphatic heterocycles. The van der Waals surface area contributed by atoms with Gasteiger partial charge < -0.3 is 15.0 Å². The first kappa shape index (κ1) is 11.8. The first-order valence-electron chi connectivity index (χ1n) is 5.18. The Hall–Kier alpha value is -1.66. The molecule has 0 aliphatic carbocycles. The Bertz CT molecular complexity index is 503. The van der Waals surface area contributed by atoms with Gasteiger partial charge in [0.05, 0.1) is 24.3 Å². The van der Waals surface area contributed by atoms with Gasteiger partial charge in [-0.15, -0.1) is 11.3 Å². The van der Waals surface area contributed by atoms with E-state index in [9.17, 15) is 0 Å². The molecule has 0 atom stereocenters. The van der Waals surface area contributed by atoms with E-state index in [-0.39, 0.29) is 0 Å². The van der Waals surface area contributed by atoms with Crippen molar-refractivity contribution in [2.24, 2.45) is 0 Å². The van der Waals surface area contributed by atoms with E-state index in [2.05, 4.69) is 9.97 Å². The Morgan fingerprint density at radius 3 is 3.00 bits per heavy atom. The monoisotopic (exact) mass is 250 g/mol. The molecule has 0 spiro atoms. The fraction of sp³-hybridized carbons (Fsp3) is 0.273. The molecule has 2 heterocycles. The van der Waals surface area contributed by atoms with Crippen molar-refractivity contribution in [3.63, 3.8) is 0 Å². The Balaban J connectivity index is 1.98. The maximum absolute atomic E-state index is 5.55. The van der Waals surface area contributed by atoms with Gasteiger partial charge in [0, 0.05) is 25.2 Å². The van der Waals surface area contributed by atoms with Gasteiger partial charge in [-0.1, -0.05) is 0 Å². The zero-order valence-electron chi connectivity index (χ0n) is 9.54. The van der Waals surface area contributed by atoms with Crippen LogP contribution < -0.4 is 5.73 Å². The standard InChI is InChI=1S/C11H14N4OS/c1-16-5-4-15-6-9(13-8-15)2-3-10-7-17-11(12)14-10/h2-3,6-8H,4-5H2,1H3,(H2,12,14)/b3-2+. The molecule has 2 aromatic heterocycles. The highest BCUT2D eigenvalue weighted by Gasteiger charge is 1.96. The van der Waals surface area contributed by atoms with Crippen molar-refractivity contribution >= 4 is 28.6 Å². The lowest BCUT2D eigenvalue weighted by Gasteiger charge is -1.98. The van der Waals surface area contributed by atoms with Crippen LogP contribution in [0.25, 0.3) is 12.2 Å². The maximum Gasteiger partial charge on any atom is 0.180 e. The summed E-state index contributed by atoms with van der Waals surface area (Å²) < 4.78 is 6.98. The molecule has 0 fully saturated rings. The number of nitrogens with two attached hydrogens (primary N) is 1. The summed E-state index contributed by atoms with van der Waals surface area (Å²) in [5.41, 5.74) is 7.30. The lowest BCUT2D eigenvalue weighted by atomic mass is 10.3. The van der Waals surface area contributed by atoms with Gasteiger partial charge in [-0.05, 0) is 12.2 Å². The highest BCUT2D eigenvalue weighted by Crippen LogP contribution is 2.13. The smallest absolute Gasteiger partial charge is 0.180 e. The number of aromatic nitrogens is 3. The summed E-state index contributed by atoms with van der Waals surface area (Å²) in [6.07, 6.45) is 7.56. The fourth-order valence-corrected chi connectivity index (χ4v) is 1.86. The second-order valence-corrected chi connectivity index (χ2v) is 4.36. The van der Waals surface area contributed by atoms with Crippen LogP contribution in [-0.2, 0) is 11.3 Å². The fourth-order valence-electron chi connectivity index (χ4n) is 1.33. The van der Waals surface area contributed by atoms with Crippen LogP contribution in [0.3, 0.4) is 0 Å². The molecule has 2 aromatic rings. The number of anilines is 1. The Kier molecular flexibility index (Phi) is 3.89. The van der Waals surface area contributed by atoms with Crippen molar-refractivity contribution in [2.75, 3.05) is 19.5 Å². The molecule has 6 heteroatoms. The van der Waals surface area contributed by atoms with Crippen LogP contribution in [0.5, 0.6) is 0 Å². The minimum absolute atomic E-state index is 0.579. The SMILES string of the molecule is COCCn1cnc(/C=C/c2csc(N)n2)c1. The molecule has 2 rings (SSSR count). The molecule has 0 radical (unpaired) electrons. The topological polar surface area (TPSA) is 66.0 Å². The summed E-state index contributed by atoms with van der Waals surface area (Å²) in [5, 5.41) is 2.49. The third-order valence-corrected chi connectivity index (χ3v) is 2.86. The molecule has 0 amide bonds. The summed E-state index contributed by atoms with van der Waals surface area (Å²) in [6, 6.07) is 0. The number of nitrogens with zero attached hydrogens (tertiary/aromatic N) is 3. The molecule has 0 saturated carbocycles. The summed E-state index contributed by atoms with van der Waals surface area (Å²) in [5.74, 6) is 0. The van der Waals surface area contributed by atoms with E-state index in [1.54, 1.807) is 13.4 Å². The van der Waals surface area contributed by atoms with Gasteiger partial charge in [-0.25, -0.2) is 9.97 Å². The van der Waals surface area contributed by atoms with E-state index in [0.717, 1.165) is 17.9 Å². The van der Waals surface area contributed by atoms with Gasteiger partial charge >= 0.3 is 0 Å². The van der Waals surface area contributed by atoms with Crippen molar-refractivity contribution in [1.29, 1.82) is 0 Å². The van der Waals surface area contributed by atoms with Crippen molar-refractivity contribution < 1.29 is 4.74 Å². The molecule has 2 N–H and O–H groups in total. The molecule has 0 bridgehead atoms. The van der Waals surface area contributed by atoms with Gasteiger partial charge in [0.1, 0.15) is 0 Å². The minimum Gasteiger partial charge on any atom is -0.383 e. The average Bonchev–Trinajstić information content (AvgIpc) is 2.93. The summed E-state index contributed by atoms with van der Waals surface area (Å²) in [7, 11) is 1.68. The Labute approximate surface area is 104 Å². The molecule has 90 valence electrons. The molecule has 0 aromatic carbocycles. The molecule has 0 unspecified atom stereocenters. The number of ether oxygens (including phenoxy) is 1. The largest absolute Gasteiger partial charge is 0.383 e. The maximum atomic E-state index is 5.55. The van der Waals surface area contributed by atoms with E-state index in [1.165, 1.54) is 11.3 Å². The number of hydrogen-bond donors (Lipinski definition) is 1. The van der Waals surface area contributed by atoms with E-state index in [4.69, 9.17) is 10.5 Å². The zero-order chi connectivity index (χ0) is 12.1. The molecule has 0 aliphatic rings. The third-order valence-electron chi connectivity index (χ3n) is 2.17. The van der Waals surface area contributed by atoms with E-state index in [0.29, 0.717) is 11.7 Å². The molecular formula is C11H14N4OS. The number of nitrogen functional groups attached to an aromatic ring is 1. The Morgan fingerprint density at radius 1 is 1.47 bits per heavy atom. The number of methoxy groups -OCH3 is 1. The third kappa shape index (κ3) is 3.40. The van der Waals surface area contributed by atoms with Crippen LogP contribution in [0, 0.1) is 0 Å². The van der Waals surface area contributed by atoms with Crippen molar-refractivity contribution in [3.8, 4) is 0 Å². The first-order valence-corrected chi connectivity index (χ1v) is 6.05. The molecule has 17 heavy (non-hydrogen) atoms. The number of rotatable bonds is 5. The number of imidazole rings is 1. The number of hydrogen-bond acceptors (Lipinski definition) is 5. The second-order valence-electron chi connectivity index (χ2n) is 3.47. The molecule has 0 saturated heterocycles. The normalized spacial score (nSPS) is 11.4. The molecular weight excluding hydrogens is 236 g/mol. The summed E-state index contributed by atoms with van der Waals surface area (Å²) in [4.78, 5) is 8.39. The van der Waals surface area contributed by atoms with Crippen molar-refractivity contribution in [2.45, 2.75) is 6.54 Å². The van der Waals surface area contributed by atoms with Gasteiger partial charge in [0.2, 0.25) is 0 Å². The van der Waals surface area contributed by atoms with Crippen LogP contribution in [0.2, 0.25) is 0 Å². The minimum atomic E-state index is 0.579. The first-order chi connectivity index (χ1) is 8.28. The van der Waals surface area contributed by atoms with Crippen molar-refractivity contribution in [1.82, 2.24) is 14.5 Å². The van der Waals surface area contributed by atoms with Gasteiger partial charge in [0.15, 0.2) is 5.13 Å². The Morgan fingerprint density at radius 2 is 2.29 bits per heavy atom. The van der Waals surface area contributed by atoms with Crippen LogP contribution in [0.4, 0.5) is 5.13 Å². The second kappa shape index (κ2) is 5.60. The van der Waals surface area contributed by atoms with Gasteiger partial charge in [-0.2, -0.15) is 0 Å². The predicted octanol–water partition coefficient (Wildman–Crippen LogP) is 1.74. The van der Waals surface area contributed by atoms with E-state index in [1.807, 2.05) is 28.3 Å². The van der Waals surface area contributed by atoms with Gasteiger partial charge in [-0.3, -0.25) is 0 Å². The molecule has 5 nitrogen and oxygen atoms in total.